The van der Waals surface area contributed by atoms with Crippen molar-refractivity contribution in [2.45, 2.75) is 25.3 Å². The molecular weight excluding hydrogens is 302 g/mol. The molecule has 0 amide bonds. The van der Waals surface area contributed by atoms with E-state index < -0.39 is 0 Å². The van der Waals surface area contributed by atoms with Crippen molar-refractivity contribution in [3.8, 4) is 11.3 Å². The van der Waals surface area contributed by atoms with E-state index in [4.69, 9.17) is 0 Å². The Labute approximate surface area is 122 Å². The lowest BCUT2D eigenvalue weighted by Gasteiger charge is -2.36. The third-order valence-electron chi connectivity index (χ3n) is 4.02. The van der Waals surface area contributed by atoms with Crippen LogP contribution in [0.2, 0.25) is 0 Å². The minimum Gasteiger partial charge on any atom is -0.325 e. The topological polar surface area (TPSA) is 29.9 Å². The zero-order valence-corrected chi connectivity index (χ0v) is 12.7. The lowest BCUT2D eigenvalue weighted by Crippen LogP contribution is -2.41. The number of halogens is 1. The van der Waals surface area contributed by atoms with E-state index in [1.54, 1.807) is 0 Å². The van der Waals surface area contributed by atoms with E-state index in [0.717, 1.165) is 30.4 Å². The van der Waals surface area contributed by atoms with Gasteiger partial charge in [0.1, 0.15) is 0 Å². The first-order valence-corrected chi connectivity index (χ1v) is 7.48. The van der Waals surface area contributed by atoms with Crippen LogP contribution in [-0.4, -0.2) is 22.6 Å². The van der Waals surface area contributed by atoms with Crippen LogP contribution in [-0.2, 0) is 5.54 Å². The number of nitrogens with one attached hydrogen (secondary N) is 1. The van der Waals surface area contributed by atoms with Gasteiger partial charge in [-0.05, 0) is 45.0 Å². The van der Waals surface area contributed by atoms with Crippen molar-refractivity contribution in [3.63, 3.8) is 0 Å². The second-order valence-corrected chi connectivity index (χ2v) is 6.32. The summed E-state index contributed by atoms with van der Waals surface area (Å²) in [6.07, 6.45) is 6.23. The fourth-order valence-electron chi connectivity index (χ4n) is 2.79. The van der Waals surface area contributed by atoms with Crippen molar-refractivity contribution < 1.29 is 0 Å². The van der Waals surface area contributed by atoms with Crippen LogP contribution in [0.5, 0.6) is 0 Å². The van der Waals surface area contributed by atoms with Gasteiger partial charge in [-0.3, -0.25) is 0 Å². The maximum atomic E-state index is 4.38. The fraction of sp³-hybridized carbons (Fsp3) is 0.400. The van der Waals surface area contributed by atoms with Crippen molar-refractivity contribution in [1.82, 2.24) is 14.9 Å². The summed E-state index contributed by atoms with van der Waals surface area (Å²) >= 11 is 3.54. The SMILES string of the molecule is CC1(n2cncc2-c2cccc(Br)c2)CCNCC1. The van der Waals surface area contributed by atoms with Gasteiger partial charge >= 0.3 is 0 Å². The van der Waals surface area contributed by atoms with E-state index in [9.17, 15) is 0 Å². The lowest BCUT2D eigenvalue weighted by atomic mass is 9.89. The number of hydrogen-bond acceptors (Lipinski definition) is 2. The number of nitrogens with zero attached hydrogens (tertiary/aromatic N) is 2. The van der Waals surface area contributed by atoms with Crippen LogP contribution in [0.15, 0.2) is 41.3 Å². The van der Waals surface area contributed by atoms with E-state index >= 15 is 0 Å². The Bertz CT molecular complexity index is 570. The van der Waals surface area contributed by atoms with Gasteiger partial charge in [0.2, 0.25) is 0 Å². The molecule has 1 aliphatic heterocycles. The predicted octanol–water partition coefficient (Wildman–Crippen LogP) is 3.41. The van der Waals surface area contributed by atoms with Gasteiger partial charge in [0, 0.05) is 15.6 Å². The van der Waals surface area contributed by atoms with Gasteiger partial charge in [0.05, 0.1) is 18.2 Å². The van der Waals surface area contributed by atoms with Crippen molar-refractivity contribution in [2.75, 3.05) is 13.1 Å². The molecule has 0 aliphatic carbocycles. The van der Waals surface area contributed by atoms with Gasteiger partial charge < -0.3 is 9.88 Å². The normalized spacial score (nSPS) is 18.4. The summed E-state index contributed by atoms with van der Waals surface area (Å²) in [6.45, 7) is 4.48. The van der Waals surface area contributed by atoms with Crippen LogP contribution in [0.25, 0.3) is 11.3 Å². The highest BCUT2D eigenvalue weighted by Gasteiger charge is 2.30. The number of piperidine rings is 1. The molecule has 1 aromatic carbocycles. The number of benzene rings is 1. The summed E-state index contributed by atoms with van der Waals surface area (Å²) < 4.78 is 3.45. The molecule has 3 nitrogen and oxygen atoms in total. The van der Waals surface area contributed by atoms with Crippen LogP contribution in [0, 0.1) is 0 Å². The molecular formula is C15H18BrN3. The second-order valence-electron chi connectivity index (χ2n) is 5.41. The van der Waals surface area contributed by atoms with Gasteiger partial charge in [-0.1, -0.05) is 28.1 Å². The summed E-state index contributed by atoms with van der Waals surface area (Å²) in [5.41, 5.74) is 2.58. The monoisotopic (exact) mass is 319 g/mol. The maximum Gasteiger partial charge on any atom is 0.0956 e. The van der Waals surface area contributed by atoms with Crippen molar-refractivity contribution >= 4 is 15.9 Å². The van der Waals surface area contributed by atoms with Crippen LogP contribution in [0.3, 0.4) is 0 Å². The molecule has 1 aliphatic rings. The standard InChI is InChI=1S/C15H18BrN3/c1-15(5-7-17-8-6-15)19-11-18-10-14(19)12-3-2-4-13(16)9-12/h2-4,9-11,17H,5-8H2,1H3. The van der Waals surface area contributed by atoms with E-state index in [1.165, 1.54) is 11.3 Å². The lowest BCUT2D eigenvalue weighted by molar-refractivity contribution is 0.233. The van der Waals surface area contributed by atoms with Crippen LogP contribution >= 0.6 is 15.9 Å². The Kier molecular flexibility index (Phi) is 3.46. The third kappa shape index (κ3) is 2.47. The Hall–Kier alpha value is -1.13. The van der Waals surface area contributed by atoms with Crippen LogP contribution in [0.4, 0.5) is 0 Å². The molecule has 1 aromatic heterocycles. The summed E-state index contributed by atoms with van der Waals surface area (Å²) in [5.74, 6) is 0. The van der Waals surface area contributed by atoms with Crippen molar-refractivity contribution in [1.29, 1.82) is 0 Å². The van der Waals surface area contributed by atoms with Crippen LogP contribution < -0.4 is 5.32 Å². The molecule has 0 unspecified atom stereocenters. The summed E-state index contributed by atoms with van der Waals surface area (Å²) in [7, 11) is 0. The average Bonchev–Trinajstić information content (AvgIpc) is 2.89. The number of aromatic nitrogens is 2. The Morgan fingerprint density at radius 1 is 1.32 bits per heavy atom. The molecule has 4 heteroatoms. The highest BCUT2D eigenvalue weighted by Crippen LogP contribution is 2.32. The highest BCUT2D eigenvalue weighted by molar-refractivity contribution is 9.10. The zero-order valence-electron chi connectivity index (χ0n) is 11.1. The first-order chi connectivity index (χ1) is 9.19. The second kappa shape index (κ2) is 5.10. The van der Waals surface area contributed by atoms with Gasteiger partial charge in [0.15, 0.2) is 0 Å². The largest absolute Gasteiger partial charge is 0.325 e. The number of hydrogen-bond donors (Lipinski definition) is 1. The predicted molar refractivity (Wildman–Crippen MR) is 81.1 cm³/mol. The summed E-state index contributed by atoms with van der Waals surface area (Å²) in [4.78, 5) is 4.38. The molecule has 2 aromatic rings. The smallest absolute Gasteiger partial charge is 0.0956 e. The van der Waals surface area contributed by atoms with E-state index in [0.29, 0.717) is 0 Å². The fourth-order valence-corrected chi connectivity index (χ4v) is 3.19. The minimum absolute atomic E-state index is 0.166. The van der Waals surface area contributed by atoms with E-state index in [-0.39, 0.29) is 5.54 Å². The average molecular weight is 320 g/mol. The molecule has 0 bridgehead atoms. The molecule has 19 heavy (non-hydrogen) atoms. The molecule has 0 saturated carbocycles. The maximum absolute atomic E-state index is 4.38. The molecule has 1 N–H and O–H groups in total. The third-order valence-corrected chi connectivity index (χ3v) is 4.51. The number of rotatable bonds is 2. The molecule has 1 fully saturated rings. The minimum atomic E-state index is 0.166. The molecule has 2 heterocycles. The van der Waals surface area contributed by atoms with Gasteiger partial charge in [-0.15, -0.1) is 0 Å². The molecule has 1 saturated heterocycles. The molecule has 0 atom stereocenters. The molecule has 0 spiro atoms. The first kappa shape index (κ1) is 12.9. The Morgan fingerprint density at radius 2 is 2.11 bits per heavy atom. The summed E-state index contributed by atoms with van der Waals surface area (Å²) in [5, 5.41) is 3.43. The number of imidazole rings is 1. The van der Waals surface area contributed by atoms with E-state index in [2.05, 4.69) is 62.0 Å². The Balaban J connectivity index is 2.03. The first-order valence-electron chi connectivity index (χ1n) is 6.69. The van der Waals surface area contributed by atoms with Crippen molar-refractivity contribution in [3.05, 3.63) is 41.3 Å². The Morgan fingerprint density at radius 3 is 2.84 bits per heavy atom. The van der Waals surface area contributed by atoms with Crippen molar-refractivity contribution in [2.24, 2.45) is 0 Å². The molecule has 0 radical (unpaired) electrons. The van der Waals surface area contributed by atoms with E-state index in [1.807, 2.05) is 12.5 Å². The molecule has 3 rings (SSSR count). The van der Waals surface area contributed by atoms with Gasteiger partial charge in [-0.25, -0.2) is 4.98 Å². The van der Waals surface area contributed by atoms with Gasteiger partial charge in [0.25, 0.3) is 0 Å². The highest BCUT2D eigenvalue weighted by atomic mass is 79.9. The summed E-state index contributed by atoms with van der Waals surface area (Å²) in [6, 6.07) is 8.42. The quantitative estimate of drug-likeness (QED) is 0.919. The zero-order chi connectivity index (χ0) is 13.3. The molecule has 100 valence electrons. The van der Waals surface area contributed by atoms with Gasteiger partial charge in [-0.2, -0.15) is 0 Å². The van der Waals surface area contributed by atoms with Crippen LogP contribution in [0.1, 0.15) is 19.8 Å².